The molecular formula is C22H34Cl2N4O2. The summed E-state index contributed by atoms with van der Waals surface area (Å²) in [4.78, 5) is 18.9. The molecule has 0 radical (unpaired) electrons. The van der Waals surface area contributed by atoms with Crippen LogP contribution in [0, 0.1) is 5.92 Å². The molecule has 3 rings (SSSR count). The van der Waals surface area contributed by atoms with Crippen LogP contribution in [0.2, 0.25) is 0 Å². The summed E-state index contributed by atoms with van der Waals surface area (Å²) in [6.45, 7) is 7.27. The van der Waals surface area contributed by atoms with Gasteiger partial charge >= 0.3 is 0 Å². The Bertz CT molecular complexity index is 755. The molecule has 30 heavy (non-hydrogen) atoms. The van der Waals surface area contributed by atoms with Gasteiger partial charge in [0.1, 0.15) is 0 Å². The van der Waals surface area contributed by atoms with Crippen LogP contribution in [0.1, 0.15) is 37.9 Å². The summed E-state index contributed by atoms with van der Waals surface area (Å²) in [5.41, 5.74) is 8.26. The summed E-state index contributed by atoms with van der Waals surface area (Å²) < 4.78 is 7.93. The van der Waals surface area contributed by atoms with Crippen molar-refractivity contribution < 1.29 is 9.53 Å². The molecule has 8 heteroatoms. The monoisotopic (exact) mass is 456 g/mol. The van der Waals surface area contributed by atoms with Gasteiger partial charge in [-0.2, -0.15) is 0 Å². The number of hydrogen-bond donors (Lipinski definition) is 1. The Labute approximate surface area is 192 Å². The van der Waals surface area contributed by atoms with Crippen LogP contribution >= 0.6 is 24.8 Å². The Morgan fingerprint density at radius 1 is 1.27 bits per heavy atom. The number of benzene rings is 1. The largest absolute Gasteiger partial charge is 0.376 e. The van der Waals surface area contributed by atoms with E-state index in [9.17, 15) is 4.79 Å². The molecule has 1 aliphatic heterocycles. The second kappa shape index (κ2) is 13.0. The highest BCUT2D eigenvalue weighted by Gasteiger charge is 2.30. The predicted octanol–water partition coefficient (Wildman–Crippen LogP) is 3.31. The summed E-state index contributed by atoms with van der Waals surface area (Å²) >= 11 is 0. The van der Waals surface area contributed by atoms with E-state index in [1.54, 1.807) is 6.33 Å². The molecule has 1 saturated heterocycles. The predicted molar refractivity (Wildman–Crippen MR) is 124 cm³/mol. The number of rotatable bonds is 9. The number of carbonyl (C=O) groups is 1. The third kappa shape index (κ3) is 7.91. The highest BCUT2D eigenvalue weighted by atomic mass is 35.5. The van der Waals surface area contributed by atoms with Crippen molar-refractivity contribution in [1.29, 1.82) is 0 Å². The number of ether oxygens (including phenoxy) is 1. The minimum atomic E-state index is -0.561. The lowest BCUT2D eigenvalue weighted by Crippen LogP contribution is -2.44. The van der Waals surface area contributed by atoms with E-state index >= 15 is 0 Å². The zero-order valence-electron chi connectivity index (χ0n) is 17.8. The van der Waals surface area contributed by atoms with Crippen molar-refractivity contribution in [2.75, 3.05) is 19.7 Å². The molecule has 1 aliphatic rings. The van der Waals surface area contributed by atoms with Crippen LogP contribution in [0.5, 0.6) is 0 Å². The fraction of sp³-hybridized carbons (Fsp3) is 0.545. The number of hydrogen-bond acceptors (Lipinski definition) is 4. The maximum absolute atomic E-state index is 12.7. The first-order valence-electron chi connectivity index (χ1n) is 10.2. The number of nitrogens with two attached hydrogens (primary N) is 1. The van der Waals surface area contributed by atoms with Crippen LogP contribution in [0.3, 0.4) is 0 Å². The van der Waals surface area contributed by atoms with Crippen LogP contribution < -0.4 is 5.73 Å². The topological polar surface area (TPSA) is 73.4 Å². The lowest BCUT2D eigenvalue weighted by atomic mass is 10.1. The summed E-state index contributed by atoms with van der Waals surface area (Å²) in [6.07, 6.45) is 6.31. The number of nitrogens with zero attached hydrogens (tertiary/aromatic N) is 3. The number of amides is 1. The van der Waals surface area contributed by atoms with Crippen molar-refractivity contribution in [3.8, 4) is 0 Å². The minimum Gasteiger partial charge on any atom is -0.376 e. The molecule has 6 nitrogen and oxygen atoms in total. The van der Waals surface area contributed by atoms with Crippen LogP contribution in [-0.2, 0) is 22.5 Å². The molecular weight excluding hydrogens is 423 g/mol. The Kier molecular flexibility index (Phi) is 11.4. The lowest BCUT2D eigenvalue weighted by Gasteiger charge is -2.20. The number of carbonyl (C=O) groups excluding carboxylic acids is 1. The summed E-state index contributed by atoms with van der Waals surface area (Å²) in [5.74, 6) is 0.627. The second-order valence-electron chi connectivity index (χ2n) is 8.08. The molecule has 0 aliphatic carbocycles. The van der Waals surface area contributed by atoms with Crippen LogP contribution in [0.4, 0.5) is 0 Å². The molecule has 2 aromatic rings. The molecule has 1 aromatic carbocycles. The van der Waals surface area contributed by atoms with Gasteiger partial charge in [-0.25, -0.2) is 4.98 Å². The molecule has 1 aromatic heterocycles. The van der Waals surface area contributed by atoms with E-state index in [0.29, 0.717) is 18.9 Å². The van der Waals surface area contributed by atoms with E-state index in [4.69, 9.17) is 10.5 Å². The molecule has 168 valence electrons. The Morgan fingerprint density at radius 3 is 2.70 bits per heavy atom. The van der Waals surface area contributed by atoms with Crippen molar-refractivity contribution in [2.24, 2.45) is 11.7 Å². The molecule has 2 atom stereocenters. The van der Waals surface area contributed by atoms with E-state index in [-0.39, 0.29) is 36.8 Å². The third-order valence-corrected chi connectivity index (χ3v) is 5.15. The zero-order chi connectivity index (χ0) is 19.9. The first-order chi connectivity index (χ1) is 13.5. The van der Waals surface area contributed by atoms with Gasteiger partial charge in [-0.3, -0.25) is 4.79 Å². The van der Waals surface area contributed by atoms with Gasteiger partial charge in [0.05, 0.1) is 24.2 Å². The average molecular weight is 457 g/mol. The fourth-order valence-electron chi connectivity index (χ4n) is 3.47. The molecule has 1 fully saturated rings. The Morgan fingerprint density at radius 2 is 2.00 bits per heavy atom. The number of likely N-dealkylation sites (tertiary alicyclic amines) is 1. The maximum Gasteiger partial charge on any atom is 0.239 e. The molecule has 0 bridgehead atoms. The van der Waals surface area contributed by atoms with Gasteiger partial charge in [-0.15, -0.1) is 24.8 Å². The molecule has 0 spiro atoms. The first-order valence-corrected chi connectivity index (χ1v) is 10.2. The number of halogens is 2. The van der Waals surface area contributed by atoms with Gasteiger partial charge in [-0.05, 0) is 24.3 Å². The summed E-state index contributed by atoms with van der Waals surface area (Å²) in [5, 5.41) is 0. The van der Waals surface area contributed by atoms with Gasteiger partial charge in [0.25, 0.3) is 0 Å². The summed E-state index contributed by atoms with van der Waals surface area (Å²) in [7, 11) is 0. The van der Waals surface area contributed by atoms with E-state index in [1.165, 1.54) is 5.56 Å². The molecule has 2 N–H and O–H groups in total. The van der Waals surface area contributed by atoms with Gasteiger partial charge < -0.3 is 19.9 Å². The van der Waals surface area contributed by atoms with E-state index in [1.807, 2.05) is 33.9 Å². The summed E-state index contributed by atoms with van der Waals surface area (Å²) in [6, 6.07) is 9.67. The van der Waals surface area contributed by atoms with Crippen molar-refractivity contribution in [3.05, 3.63) is 54.1 Å². The molecule has 1 unspecified atom stereocenters. The van der Waals surface area contributed by atoms with Crippen LogP contribution in [-0.4, -0.2) is 52.2 Å². The first kappa shape index (κ1) is 26.4. The van der Waals surface area contributed by atoms with E-state index in [2.05, 4.69) is 31.0 Å². The standard InChI is InChI=1S/C22H32N4O2.2ClH/c1-17(2)9-11-28-20-8-10-26(15-20)22(27)21(23)12-19-14-25(16-24-19)13-18-6-4-3-5-7-18;;/h3-7,14,16-17,20-21H,8-13,15,23H2,1-2H3;2*1H/t20?,21-;;/m0../s1. The maximum atomic E-state index is 12.7. The Balaban J connectivity index is 0.00000225. The SMILES string of the molecule is CC(C)CCOC1CCN(C(=O)[C@@H](N)Cc2cn(Cc3ccccc3)cn2)C1.Cl.Cl. The zero-order valence-corrected chi connectivity index (χ0v) is 19.4. The number of imidazole rings is 1. The fourth-order valence-corrected chi connectivity index (χ4v) is 3.47. The Hall–Kier alpha value is -1.60. The van der Waals surface area contributed by atoms with Gasteiger partial charge in [0, 0.05) is 38.9 Å². The highest BCUT2D eigenvalue weighted by molar-refractivity contribution is 5.85. The quantitative estimate of drug-likeness (QED) is 0.627. The van der Waals surface area contributed by atoms with Gasteiger partial charge in [-0.1, -0.05) is 44.2 Å². The van der Waals surface area contributed by atoms with Crippen molar-refractivity contribution >= 4 is 30.7 Å². The van der Waals surface area contributed by atoms with Crippen molar-refractivity contribution in [2.45, 2.75) is 51.8 Å². The van der Waals surface area contributed by atoms with E-state index < -0.39 is 6.04 Å². The molecule has 1 amide bonds. The van der Waals surface area contributed by atoms with E-state index in [0.717, 1.165) is 38.2 Å². The second-order valence-corrected chi connectivity index (χ2v) is 8.08. The van der Waals surface area contributed by atoms with Gasteiger partial charge in [0.15, 0.2) is 0 Å². The van der Waals surface area contributed by atoms with Crippen LogP contribution in [0.25, 0.3) is 0 Å². The highest BCUT2D eigenvalue weighted by Crippen LogP contribution is 2.16. The van der Waals surface area contributed by atoms with Crippen molar-refractivity contribution in [3.63, 3.8) is 0 Å². The lowest BCUT2D eigenvalue weighted by molar-refractivity contribution is -0.132. The number of aromatic nitrogens is 2. The van der Waals surface area contributed by atoms with Gasteiger partial charge in [0.2, 0.25) is 5.91 Å². The normalized spacial score (nSPS) is 16.8. The average Bonchev–Trinajstić information content (AvgIpc) is 3.31. The molecule has 2 heterocycles. The smallest absolute Gasteiger partial charge is 0.239 e. The minimum absolute atomic E-state index is 0. The molecule has 0 saturated carbocycles. The van der Waals surface area contributed by atoms with Crippen LogP contribution in [0.15, 0.2) is 42.9 Å². The third-order valence-electron chi connectivity index (χ3n) is 5.15. The van der Waals surface area contributed by atoms with Crippen molar-refractivity contribution in [1.82, 2.24) is 14.5 Å².